The van der Waals surface area contributed by atoms with Crippen molar-refractivity contribution in [3.8, 4) is 11.5 Å². The van der Waals surface area contributed by atoms with Gasteiger partial charge >= 0.3 is 0 Å². The van der Waals surface area contributed by atoms with E-state index in [2.05, 4.69) is 10.6 Å². The van der Waals surface area contributed by atoms with E-state index in [9.17, 15) is 18.4 Å². The molecule has 2 fully saturated rings. The number of rotatable bonds is 7. The Morgan fingerprint density at radius 1 is 1.03 bits per heavy atom. The van der Waals surface area contributed by atoms with E-state index >= 15 is 0 Å². The van der Waals surface area contributed by atoms with Crippen LogP contribution in [0.1, 0.15) is 29.6 Å². The number of benzene rings is 2. The van der Waals surface area contributed by atoms with E-state index in [1.807, 2.05) is 0 Å². The highest BCUT2D eigenvalue weighted by Crippen LogP contribution is 2.47. The van der Waals surface area contributed by atoms with Crippen LogP contribution in [-0.4, -0.2) is 37.6 Å². The fraction of sp³-hybridized carbons (Fsp3) is 0.391. The number of carbonyl (C=O) groups is 2. The fourth-order valence-corrected chi connectivity index (χ4v) is 4.65. The molecule has 9 heteroatoms. The van der Waals surface area contributed by atoms with Gasteiger partial charge in [-0.05, 0) is 61.4 Å². The van der Waals surface area contributed by atoms with E-state index in [0.717, 1.165) is 25.0 Å². The van der Waals surface area contributed by atoms with Crippen LogP contribution < -0.4 is 20.1 Å². The van der Waals surface area contributed by atoms with Crippen LogP contribution in [0.5, 0.6) is 11.5 Å². The highest BCUT2D eigenvalue weighted by molar-refractivity contribution is 6.30. The molecule has 0 aliphatic heterocycles. The van der Waals surface area contributed by atoms with E-state index in [1.54, 1.807) is 0 Å². The van der Waals surface area contributed by atoms with E-state index in [0.29, 0.717) is 6.42 Å². The molecule has 6 nitrogen and oxygen atoms in total. The first kappa shape index (κ1) is 22.3. The quantitative estimate of drug-likeness (QED) is 0.655. The van der Waals surface area contributed by atoms with E-state index in [1.165, 1.54) is 31.4 Å². The molecule has 170 valence electrons. The first-order chi connectivity index (χ1) is 15.4. The van der Waals surface area contributed by atoms with Crippen LogP contribution >= 0.6 is 11.6 Å². The number of amides is 2. The molecule has 0 bridgehead atoms. The average molecular weight is 465 g/mol. The van der Waals surface area contributed by atoms with Crippen molar-refractivity contribution in [2.75, 3.05) is 13.7 Å². The Bertz CT molecular complexity index is 1040. The molecule has 3 unspecified atom stereocenters. The normalized spacial score (nSPS) is 23.6. The smallest absolute Gasteiger partial charge is 0.258 e. The lowest BCUT2D eigenvalue weighted by Crippen LogP contribution is -2.44. The Labute approximate surface area is 189 Å². The Morgan fingerprint density at radius 3 is 2.38 bits per heavy atom. The van der Waals surface area contributed by atoms with Gasteiger partial charge in [-0.3, -0.25) is 9.59 Å². The van der Waals surface area contributed by atoms with Crippen molar-refractivity contribution in [1.82, 2.24) is 10.6 Å². The largest absolute Gasteiger partial charge is 0.494 e. The first-order valence-electron chi connectivity index (χ1n) is 10.4. The maximum Gasteiger partial charge on any atom is 0.258 e. The van der Waals surface area contributed by atoms with Crippen LogP contribution in [0.4, 0.5) is 8.78 Å². The molecule has 0 saturated heterocycles. The topological polar surface area (TPSA) is 76.7 Å². The SMILES string of the molecule is COc1ccc(C(=O)NC2C[C@H](NC(=O)COc3ccc(Cl)c(F)c3)C3CCC23)cc1F. The number of halogens is 3. The van der Waals surface area contributed by atoms with Gasteiger partial charge in [0.05, 0.1) is 12.1 Å². The summed E-state index contributed by atoms with van der Waals surface area (Å²) in [5.74, 6) is -1.07. The van der Waals surface area contributed by atoms with Gasteiger partial charge in [0, 0.05) is 23.7 Å². The zero-order valence-electron chi connectivity index (χ0n) is 17.4. The second-order valence-corrected chi connectivity index (χ2v) is 8.52. The minimum Gasteiger partial charge on any atom is -0.494 e. The van der Waals surface area contributed by atoms with Gasteiger partial charge in [0.15, 0.2) is 18.2 Å². The fourth-order valence-electron chi connectivity index (χ4n) is 4.53. The molecular weight excluding hydrogens is 442 g/mol. The molecule has 2 aliphatic carbocycles. The lowest BCUT2D eigenvalue weighted by Gasteiger charge is -2.36. The van der Waals surface area contributed by atoms with Crippen LogP contribution in [0, 0.1) is 23.5 Å². The van der Waals surface area contributed by atoms with Crippen LogP contribution in [0.3, 0.4) is 0 Å². The molecule has 2 N–H and O–H groups in total. The predicted octanol–water partition coefficient (Wildman–Crippen LogP) is 3.72. The minimum absolute atomic E-state index is 0.0192. The zero-order chi connectivity index (χ0) is 22.8. The monoisotopic (exact) mass is 464 g/mol. The van der Waals surface area contributed by atoms with Gasteiger partial charge in [-0.25, -0.2) is 8.78 Å². The summed E-state index contributed by atoms with van der Waals surface area (Å²) in [6, 6.07) is 7.86. The molecule has 2 aromatic rings. The summed E-state index contributed by atoms with van der Waals surface area (Å²) in [5.41, 5.74) is 0.218. The number of hydrogen-bond donors (Lipinski definition) is 2. The van der Waals surface area contributed by atoms with Crippen LogP contribution in [0.15, 0.2) is 36.4 Å². The summed E-state index contributed by atoms with van der Waals surface area (Å²) in [5, 5.41) is 5.92. The third kappa shape index (κ3) is 4.65. The highest BCUT2D eigenvalue weighted by Gasteiger charge is 2.49. The van der Waals surface area contributed by atoms with Gasteiger partial charge in [0.1, 0.15) is 11.6 Å². The maximum absolute atomic E-state index is 13.9. The summed E-state index contributed by atoms with van der Waals surface area (Å²) >= 11 is 5.64. The summed E-state index contributed by atoms with van der Waals surface area (Å²) in [6.07, 6.45) is 2.50. The van der Waals surface area contributed by atoms with Crippen LogP contribution in [0.2, 0.25) is 5.02 Å². The second-order valence-electron chi connectivity index (χ2n) is 8.11. The van der Waals surface area contributed by atoms with Crippen molar-refractivity contribution in [1.29, 1.82) is 0 Å². The number of ether oxygens (including phenoxy) is 2. The van der Waals surface area contributed by atoms with Gasteiger partial charge in [0.2, 0.25) is 0 Å². The van der Waals surface area contributed by atoms with Crippen molar-refractivity contribution < 1.29 is 27.8 Å². The minimum atomic E-state index is -0.618. The van der Waals surface area contributed by atoms with E-state index < -0.39 is 11.6 Å². The van der Waals surface area contributed by atoms with Gasteiger partial charge in [-0.15, -0.1) is 0 Å². The molecule has 4 atom stereocenters. The van der Waals surface area contributed by atoms with Gasteiger partial charge < -0.3 is 20.1 Å². The van der Waals surface area contributed by atoms with Crippen molar-refractivity contribution >= 4 is 23.4 Å². The number of hydrogen-bond acceptors (Lipinski definition) is 4. The van der Waals surface area contributed by atoms with Crippen molar-refractivity contribution in [2.24, 2.45) is 11.8 Å². The van der Waals surface area contributed by atoms with Crippen molar-refractivity contribution in [3.05, 3.63) is 58.6 Å². The standard InChI is InChI=1S/C23H23ClF2N2O4/c1-31-21-7-2-12(8-18(21)26)23(30)28-20-10-19(14-4-5-15(14)20)27-22(29)11-32-13-3-6-16(24)17(25)9-13/h2-3,6-9,14-15,19-20H,4-5,10-11H2,1H3,(H,27,29)(H,28,30)/t14?,15?,19-,20?/m0/s1. The molecule has 0 radical (unpaired) electrons. The van der Waals surface area contributed by atoms with Gasteiger partial charge in [-0.2, -0.15) is 0 Å². The lowest BCUT2D eigenvalue weighted by molar-refractivity contribution is -0.124. The number of methoxy groups -OCH3 is 1. The molecule has 2 aromatic carbocycles. The first-order valence-corrected chi connectivity index (χ1v) is 10.7. The maximum atomic E-state index is 13.9. The molecule has 2 aliphatic rings. The summed E-state index contributed by atoms with van der Waals surface area (Å²) in [7, 11) is 1.36. The molecule has 0 spiro atoms. The molecule has 2 saturated carbocycles. The Kier molecular flexibility index (Phi) is 6.50. The lowest BCUT2D eigenvalue weighted by atomic mass is 9.73. The van der Waals surface area contributed by atoms with Crippen molar-refractivity contribution in [3.63, 3.8) is 0 Å². The Balaban J connectivity index is 1.31. The second kappa shape index (κ2) is 9.32. The third-order valence-corrected chi connectivity index (χ3v) is 6.57. The van der Waals surface area contributed by atoms with Crippen molar-refractivity contribution in [2.45, 2.75) is 31.3 Å². The number of fused-ring (bicyclic) bond motifs is 1. The Hall–Kier alpha value is -2.87. The summed E-state index contributed by atoms with van der Waals surface area (Å²) in [4.78, 5) is 25.0. The Morgan fingerprint density at radius 2 is 1.75 bits per heavy atom. The highest BCUT2D eigenvalue weighted by atomic mass is 35.5. The van der Waals surface area contributed by atoms with Gasteiger partial charge in [-0.1, -0.05) is 11.6 Å². The molecule has 4 rings (SSSR count). The third-order valence-electron chi connectivity index (χ3n) is 6.26. The number of nitrogens with one attached hydrogen (secondary N) is 2. The summed E-state index contributed by atoms with van der Waals surface area (Å²) in [6.45, 7) is -0.253. The van der Waals surface area contributed by atoms with Gasteiger partial charge in [0.25, 0.3) is 11.8 Å². The molecule has 32 heavy (non-hydrogen) atoms. The van der Waals surface area contributed by atoms with E-state index in [-0.39, 0.29) is 64.4 Å². The van der Waals surface area contributed by atoms with E-state index in [4.69, 9.17) is 21.1 Å². The summed E-state index contributed by atoms with van der Waals surface area (Å²) < 4.78 is 37.6. The van der Waals surface area contributed by atoms with Crippen LogP contribution in [0.25, 0.3) is 0 Å². The molecule has 0 heterocycles. The van der Waals surface area contributed by atoms with Crippen LogP contribution in [-0.2, 0) is 4.79 Å². The molecule has 0 aromatic heterocycles. The number of carbonyl (C=O) groups excluding carboxylic acids is 2. The molecular formula is C23H23ClF2N2O4. The average Bonchev–Trinajstić information content (AvgIpc) is 2.95. The predicted molar refractivity (Wildman–Crippen MR) is 114 cm³/mol. The molecule has 2 amide bonds. The zero-order valence-corrected chi connectivity index (χ0v) is 18.1.